The highest BCUT2D eigenvalue weighted by atomic mass is 32.2. The maximum atomic E-state index is 12.0. The second-order valence-corrected chi connectivity index (χ2v) is 6.32. The van der Waals surface area contributed by atoms with Crippen molar-refractivity contribution >= 4 is 16.0 Å². The van der Waals surface area contributed by atoms with E-state index < -0.39 is 22.0 Å². The summed E-state index contributed by atoms with van der Waals surface area (Å²) < 4.78 is 26.2. The van der Waals surface area contributed by atoms with Crippen LogP contribution in [0.1, 0.15) is 25.8 Å². The van der Waals surface area contributed by atoms with Gasteiger partial charge in [0.05, 0.1) is 5.75 Å². The van der Waals surface area contributed by atoms with Crippen LogP contribution in [0.15, 0.2) is 30.3 Å². The Hall–Kier alpha value is -1.40. The fourth-order valence-corrected chi connectivity index (χ4v) is 3.11. The molecule has 0 aromatic heterocycles. The van der Waals surface area contributed by atoms with E-state index in [1.807, 2.05) is 6.92 Å². The van der Waals surface area contributed by atoms with Gasteiger partial charge in [-0.1, -0.05) is 50.6 Å². The summed E-state index contributed by atoms with van der Waals surface area (Å²) in [5, 5.41) is 9.08. The minimum Gasteiger partial charge on any atom is -0.480 e. The van der Waals surface area contributed by atoms with Crippen molar-refractivity contribution in [2.24, 2.45) is 5.92 Å². The molecule has 0 aliphatic heterocycles. The van der Waals surface area contributed by atoms with Gasteiger partial charge < -0.3 is 5.11 Å². The molecule has 1 aromatic carbocycles. The van der Waals surface area contributed by atoms with Crippen LogP contribution in [-0.4, -0.2) is 25.5 Å². The van der Waals surface area contributed by atoms with Crippen LogP contribution in [0.5, 0.6) is 0 Å². The van der Waals surface area contributed by atoms with Gasteiger partial charge in [0.15, 0.2) is 0 Å². The predicted octanol–water partition coefficient (Wildman–Crippen LogP) is 1.61. The Morgan fingerprint density at radius 1 is 1.32 bits per heavy atom. The van der Waals surface area contributed by atoms with E-state index in [4.69, 9.17) is 5.11 Å². The molecule has 0 amide bonds. The molecule has 6 heteroatoms. The molecule has 0 spiro atoms. The number of hydrogen-bond acceptors (Lipinski definition) is 3. The third kappa shape index (κ3) is 5.00. The Kier molecular flexibility index (Phi) is 5.50. The molecule has 0 aliphatic carbocycles. The maximum absolute atomic E-state index is 12.0. The van der Waals surface area contributed by atoms with Crippen molar-refractivity contribution < 1.29 is 18.3 Å². The molecule has 0 saturated carbocycles. The Morgan fingerprint density at radius 2 is 1.89 bits per heavy atom. The Bertz CT molecular complexity index is 513. The quantitative estimate of drug-likeness (QED) is 0.797. The van der Waals surface area contributed by atoms with Crippen molar-refractivity contribution in [2.75, 3.05) is 0 Å². The van der Waals surface area contributed by atoms with Gasteiger partial charge in [-0.05, 0) is 11.5 Å². The van der Waals surface area contributed by atoms with E-state index in [1.165, 1.54) is 0 Å². The van der Waals surface area contributed by atoms with Crippen LogP contribution in [0.2, 0.25) is 0 Å². The molecule has 0 fully saturated rings. The number of carboxylic acids is 1. The van der Waals surface area contributed by atoms with Gasteiger partial charge in [0.2, 0.25) is 10.0 Å². The fraction of sp³-hybridized carbons (Fsp3) is 0.462. The Labute approximate surface area is 113 Å². The molecule has 0 aliphatic rings. The normalized spacial score (nSPS) is 14.8. The summed E-state index contributed by atoms with van der Waals surface area (Å²) in [7, 11) is -3.66. The number of sulfonamides is 1. The zero-order valence-electron chi connectivity index (χ0n) is 11.0. The lowest BCUT2D eigenvalue weighted by Gasteiger charge is -2.20. The van der Waals surface area contributed by atoms with Crippen molar-refractivity contribution in [3.05, 3.63) is 35.9 Å². The second-order valence-electron chi connectivity index (χ2n) is 4.56. The number of carbonyl (C=O) groups is 1. The maximum Gasteiger partial charge on any atom is 0.322 e. The molecule has 0 bridgehead atoms. The van der Waals surface area contributed by atoms with Gasteiger partial charge >= 0.3 is 5.97 Å². The standard InChI is InChI=1S/C13H19NO4S/c1-3-10(2)12(13(15)16)14-19(17,18)9-11-7-5-4-6-8-11/h4-8,10,12,14H,3,9H2,1-2H3,(H,15,16). The SMILES string of the molecule is CCC(C)C(NS(=O)(=O)Cc1ccccc1)C(=O)O. The molecule has 106 valence electrons. The average Bonchev–Trinajstić information content (AvgIpc) is 2.35. The largest absolute Gasteiger partial charge is 0.480 e. The van der Waals surface area contributed by atoms with Crippen LogP contribution in [0.3, 0.4) is 0 Å². The molecular weight excluding hydrogens is 266 g/mol. The van der Waals surface area contributed by atoms with Gasteiger partial charge in [0.25, 0.3) is 0 Å². The molecule has 1 aromatic rings. The molecule has 5 nitrogen and oxygen atoms in total. The first-order chi connectivity index (χ1) is 8.85. The number of carboxylic acid groups (broad SMARTS) is 1. The minimum atomic E-state index is -3.66. The van der Waals surface area contributed by atoms with E-state index in [0.717, 1.165) is 0 Å². The van der Waals surface area contributed by atoms with Crippen molar-refractivity contribution in [1.82, 2.24) is 4.72 Å². The first-order valence-corrected chi connectivity index (χ1v) is 7.77. The molecule has 0 radical (unpaired) electrons. The lowest BCUT2D eigenvalue weighted by Crippen LogP contribution is -2.45. The molecular formula is C13H19NO4S. The summed E-state index contributed by atoms with van der Waals surface area (Å²) in [4.78, 5) is 11.1. The number of benzene rings is 1. The predicted molar refractivity (Wildman–Crippen MR) is 73.1 cm³/mol. The van der Waals surface area contributed by atoms with Crippen LogP contribution in [0.4, 0.5) is 0 Å². The minimum absolute atomic E-state index is 0.214. The lowest BCUT2D eigenvalue weighted by atomic mass is 10.0. The van der Waals surface area contributed by atoms with Crippen molar-refractivity contribution in [3.63, 3.8) is 0 Å². The van der Waals surface area contributed by atoms with E-state index in [9.17, 15) is 13.2 Å². The first-order valence-electron chi connectivity index (χ1n) is 6.12. The highest BCUT2D eigenvalue weighted by Crippen LogP contribution is 2.11. The molecule has 2 unspecified atom stereocenters. The third-order valence-electron chi connectivity index (χ3n) is 2.99. The Balaban J connectivity index is 2.80. The van der Waals surface area contributed by atoms with Crippen molar-refractivity contribution in [1.29, 1.82) is 0 Å². The number of hydrogen-bond donors (Lipinski definition) is 2. The molecule has 2 atom stereocenters. The smallest absolute Gasteiger partial charge is 0.322 e. The zero-order valence-corrected chi connectivity index (χ0v) is 11.9. The van der Waals surface area contributed by atoms with Crippen LogP contribution < -0.4 is 4.72 Å². The summed E-state index contributed by atoms with van der Waals surface area (Å²) in [6.45, 7) is 3.54. The van der Waals surface area contributed by atoms with E-state index in [-0.39, 0.29) is 11.7 Å². The van der Waals surface area contributed by atoms with Gasteiger partial charge in [0, 0.05) is 0 Å². The van der Waals surface area contributed by atoms with E-state index >= 15 is 0 Å². The lowest BCUT2D eigenvalue weighted by molar-refractivity contribution is -0.140. The van der Waals surface area contributed by atoms with Crippen LogP contribution in [0.25, 0.3) is 0 Å². The molecule has 19 heavy (non-hydrogen) atoms. The Morgan fingerprint density at radius 3 is 2.37 bits per heavy atom. The highest BCUT2D eigenvalue weighted by Gasteiger charge is 2.28. The molecule has 2 N–H and O–H groups in total. The first kappa shape index (κ1) is 15.7. The van der Waals surface area contributed by atoms with Crippen molar-refractivity contribution in [3.8, 4) is 0 Å². The fourth-order valence-electron chi connectivity index (χ4n) is 1.67. The number of nitrogens with one attached hydrogen (secondary N) is 1. The summed E-state index contributed by atoms with van der Waals surface area (Å²) in [5.41, 5.74) is 0.628. The molecule has 0 heterocycles. The third-order valence-corrected chi connectivity index (χ3v) is 4.31. The second kappa shape index (κ2) is 6.68. The number of aliphatic carboxylic acids is 1. The molecule has 0 saturated heterocycles. The van der Waals surface area contributed by atoms with Gasteiger partial charge in [-0.15, -0.1) is 0 Å². The van der Waals surface area contributed by atoms with Crippen LogP contribution in [-0.2, 0) is 20.6 Å². The van der Waals surface area contributed by atoms with E-state index in [1.54, 1.807) is 37.3 Å². The van der Waals surface area contributed by atoms with Gasteiger partial charge in [-0.2, -0.15) is 0 Å². The van der Waals surface area contributed by atoms with Crippen molar-refractivity contribution in [2.45, 2.75) is 32.1 Å². The summed E-state index contributed by atoms with van der Waals surface area (Å²) >= 11 is 0. The average molecular weight is 285 g/mol. The number of rotatable bonds is 7. The monoisotopic (exact) mass is 285 g/mol. The summed E-state index contributed by atoms with van der Waals surface area (Å²) in [5.74, 6) is -1.62. The van der Waals surface area contributed by atoms with E-state index in [0.29, 0.717) is 12.0 Å². The van der Waals surface area contributed by atoms with Gasteiger partial charge in [0.1, 0.15) is 6.04 Å². The van der Waals surface area contributed by atoms with Crippen LogP contribution >= 0.6 is 0 Å². The highest BCUT2D eigenvalue weighted by molar-refractivity contribution is 7.88. The van der Waals surface area contributed by atoms with Gasteiger partial charge in [-0.3, -0.25) is 4.79 Å². The summed E-state index contributed by atoms with van der Waals surface area (Å²) in [6.07, 6.45) is 0.588. The molecule has 1 rings (SSSR count). The van der Waals surface area contributed by atoms with Gasteiger partial charge in [-0.25, -0.2) is 13.1 Å². The van der Waals surface area contributed by atoms with Crippen LogP contribution in [0, 0.1) is 5.92 Å². The zero-order chi connectivity index (χ0) is 14.5. The topological polar surface area (TPSA) is 83.5 Å². The summed E-state index contributed by atoms with van der Waals surface area (Å²) in [6, 6.07) is 7.58. The van der Waals surface area contributed by atoms with E-state index in [2.05, 4.69) is 4.72 Å².